The maximum absolute atomic E-state index is 12.8. The van der Waals surface area contributed by atoms with E-state index < -0.39 is 5.82 Å². The molecule has 1 rings (SSSR count). The zero-order valence-corrected chi connectivity index (χ0v) is 6.23. The summed E-state index contributed by atoms with van der Waals surface area (Å²) in [7, 11) is 0. The van der Waals surface area contributed by atoms with Crippen LogP contribution in [0.1, 0.15) is 10.4 Å². The number of rotatable bonds is 1. The van der Waals surface area contributed by atoms with E-state index in [1.807, 2.05) is 0 Å². The van der Waals surface area contributed by atoms with E-state index in [2.05, 4.69) is 0 Å². The summed E-state index contributed by atoms with van der Waals surface area (Å²) < 4.78 is 12.8. The van der Waals surface area contributed by atoms with Crippen LogP contribution in [0, 0.1) is 5.82 Å². The molecule has 2 nitrogen and oxygen atoms in total. The van der Waals surface area contributed by atoms with E-state index in [1.54, 1.807) is 0 Å². The van der Waals surface area contributed by atoms with Crippen molar-refractivity contribution >= 4 is 23.6 Å². The lowest BCUT2D eigenvalue weighted by Crippen LogP contribution is -1.96. The van der Waals surface area contributed by atoms with Crippen molar-refractivity contribution in [3.63, 3.8) is 0 Å². The molecule has 1 aromatic carbocycles. The van der Waals surface area contributed by atoms with Crippen LogP contribution >= 0.6 is 11.6 Å². The molecule has 0 saturated carbocycles. The molecule has 0 aliphatic carbocycles. The minimum atomic E-state index is -0.740. The molecule has 11 heavy (non-hydrogen) atoms. The summed E-state index contributed by atoms with van der Waals surface area (Å²) in [4.78, 5) is 10.2. The van der Waals surface area contributed by atoms with E-state index in [1.165, 1.54) is 12.1 Å². The molecule has 0 saturated heterocycles. The van der Waals surface area contributed by atoms with E-state index >= 15 is 0 Å². The number of benzene rings is 1. The fourth-order valence-corrected chi connectivity index (χ4v) is 0.849. The Morgan fingerprint density at radius 2 is 2.18 bits per heavy atom. The molecule has 0 amide bonds. The van der Waals surface area contributed by atoms with Crippen molar-refractivity contribution in [1.29, 1.82) is 0 Å². The van der Waals surface area contributed by atoms with Gasteiger partial charge in [-0.1, -0.05) is 11.6 Å². The predicted molar refractivity (Wildman–Crippen MR) is 41.2 cm³/mol. The minimum Gasteiger partial charge on any atom is -0.396 e. The molecule has 0 atom stereocenters. The Hall–Kier alpha value is -1.09. The molecule has 0 spiro atoms. The molecule has 1 aromatic rings. The van der Waals surface area contributed by atoms with Crippen LogP contribution in [0.4, 0.5) is 10.1 Å². The van der Waals surface area contributed by atoms with Crippen LogP contribution in [0.5, 0.6) is 0 Å². The largest absolute Gasteiger partial charge is 0.396 e. The summed E-state index contributed by atoms with van der Waals surface area (Å²) >= 11 is 5.37. The fraction of sp³-hybridized carbons (Fsp3) is 0. The Balaban J connectivity index is 3.36. The van der Waals surface area contributed by atoms with Crippen molar-refractivity contribution in [1.82, 2.24) is 0 Å². The van der Waals surface area contributed by atoms with Crippen LogP contribution in [0.15, 0.2) is 12.1 Å². The van der Waals surface area contributed by atoms with Gasteiger partial charge in [-0.15, -0.1) is 0 Å². The van der Waals surface area contributed by atoms with Crippen molar-refractivity contribution < 1.29 is 9.18 Å². The van der Waals surface area contributed by atoms with Gasteiger partial charge < -0.3 is 5.73 Å². The SMILES string of the molecule is Nc1c(C=O)ccc(Cl)c1F. The summed E-state index contributed by atoms with van der Waals surface area (Å²) in [5.41, 5.74) is 5.12. The number of halogens is 2. The Morgan fingerprint density at radius 1 is 1.55 bits per heavy atom. The first-order valence-corrected chi connectivity index (χ1v) is 3.23. The van der Waals surface area contributed by atoms with Gasteiger partial charge in [-0.25, -0.2) is 4.39 Å². The average Bonchev–Trinajstić information content (AvgIpc) is 2.01. The number of aldehydes is 1. The van der Waals surface area contributed by atoms with Crippen molar-refractivity contribution in [3.8, 4) is 0 Å². The third-order valence-electron chi connectivity index (χ3n) is 1.29. The number of hydrogen-bond donors (Lipinski definition) is 1. The van der Waals surface area contributed by atoms with E-state index in [-0.39, 0.29) is 16.3 Å². The Labute approximate surface area is 67.8 Å². The maximum atomic E-state index is 12.8. The van der Waals surface area contributed by atoms with Gasteiger partial charge in [0.1, 0.15) is 0 Å². The van der Waals surface area contributed by atoms with Crippen LogP contribution in [0.25, 0.3) is 0 Å². The third-order valence-corrected chi connectivity index (χ3v) is 1.59. The lowest BCUT2D eigenvalue weighted by Gasteiger charge is -2.00. The van der Waals surface area contributed by atoms with Gasteiger partial charge in [-0.3, -0.25) is 4.79 Å². The van der Waals surface area contributed by atoms with Gasteiger partial charge in [0.2, 0.25) is 0 Å². The Kier molecular flexibility index (Phi) is 2.10. The molecule has 0 aliphatic heterocycles. The summed E-state index contributed by atoms with van der Waals surface area (Å²) in [6.07, 6.45) is 0.481. The molecule has 4 heteroatoms. The van der Waals surface area contributed by atoms with Crippen LogP contribution in [0.3, 0.4) is 0 Å². The molecular formula is C7H5ClFNO. The van der Waals surface area contributed by atoms with Crippen molar-refractivity contribution in [2.45, 2.75) is 0 Å². The molecule has 0 aromatic heterocycles. The van der Waals surface area contributed by atoms with Gasteiger partial charge in [0.15, 0.2) is 12.1 Å². The van der Waals surface area contributed by atoms with Gasteiger partial charge in [-0.2, -0.15) is 0 Å². The third kappa shape index (κ3) is 1.33. The highest BCUT2D eigenvalue weighted by Crippen LogP contribution is 2.22. The second-order valence-electron chi connectivity index (χ2n) is 1.98. The van der Waals surface area contributed by atoms with Crippen molar-refractivity contribution in [2.24, 2.45) is 0 Å². The lowest BCUT2D eigenvalue weighted by molar-refractivity contribution is 0.112. The van der Waals surface area contributed by atoms with Crippen molar-refractivity contribution in [2.75, 3.05) is 5.73 Å². The van der Waals surface area contributed by atoms with E-state index in [4.69, 9.17) is 17.3 Å². The van der Waals surface area contributed by atoms with Gasteiger partial charge >= 0.3 is 0 Å². The summed E-state index contributed by atoms with van der Waals surface area (Å²) in [6, 6.07) is 2.66. The number of carbonyl (C=O) groups is 1. The molecule has 0 heterocycles. The highest BCUT2D eigenvalue weighted by molar-refractivity contribution is 6.31. The Morgan fingerprint density at radius 3 is 2.73 bits per heavy atom. The van der Waals surface area contributed by atoms with Crippen LogP contribution in [-0.2, 0) is 0 Å². The first-order chi connectivity index (χ1) is 5.16. The second-order valence-corrected chi connectivity index (χ2v) is 2.39. The van der Waals surface area contributed by atoms with Crippen LogP contribution in [0.2, 0.25) is 5.02 Å². The second kappa shape index (κ2) is 2.88. The monoisotopic (exact) mass is 173 g/mol. The first kappa shape index (κ1) is 8.01. The van der Waals surface area contributed by atoms with E-state index in [9.17, 15) is 9.18 Å². The number of carbonyl (C=O) groups excluding carboxylic acids is 1. The van der Waals surface area contributed by atoms with Crippen LogP contribution in [-0.4, -0.2) is 6.29 Å². The number of nitrogen functional groups attached to an aromatic ring is 1. The number of hydrogen-bond acceptors (Lipinski definition) is 2. The molecule has 58 valence electrons. The van der Waals surface area contributed by atoms with Crippen LogP contribution < -0.4 is 5.73 Å². The fourth-order valence-electron chi connectivity index (χ4n) is 0.684. The van der Waals surface area contributed by atoms with Gasteiger partial charge in [0.05, 0.1) is 10.7 Å². The highest BCUT2D eigenvalue weighted by atomic mass is 35.5. The minimum absolute atomic E-state index is 0.0758. The standard InChI is InChI=1S/C7H5ClFNO/c8-5-2-1-4(3-11)7(10)6(5)9/h1-3H,10H2. The molecule has 0 bridgehead atoms. The van der Waals surface area contributed by atoms with Gasteiger partial charge in [0.25, 0.3) is 0 Å². The summed E-state index contributed by atoms with van der Waals surface area (Å²) in [5.74, 6) is -0.740. The summed E-state index contributed by atoms with van der Waals surface area (Å²) in [5, 5.41) is -0.0758. The maximum Gasteiger partial charge on any atom is 0.165 e. The van der Waals surface area contributed by atoms with Gasteiger partial charge in [0, 0.05) is 5.56 Å². The normalized spacial score (nSPS) is 9.64. The smallest absolute Gasteiger partial charge is 0.165 e. The van der Waals surface area contributed by atoms with E-state index in [0.717, 1.165) is 0 Å². The average molecular weight is 174 g/mol. The topological polar surface area (TPSA) is 43.1 Å². The molecule has 2 N–H and O–H groups in total. The van der Waals surface area contributed by atoms with Crippen molar-refractivity contribution in [3.05, 3.63) is 28.5 Å². The zero-order valence-electron chi connectivity index (χ0n) is 5.47. The molecule has 0 unspecified atom stereocenters. The predicted octanol–water partition coefficient (Wildman–Crippen LogP) is 1.87. The lowest BCUT2D eigenvalue weighted by atomic mass is 10.2. The molecular weight excluding hydrogens is 169 g/mol. The molecule has 0 radical (unpaired) electrons. The zero-order chi connectivity index (χ0) is 8.43. The summed E-state index contributed by atoms with van der Waals surface area (Å²) in [6.45, 7) is 0. The molecule has 0 aliphatic rings. The van der Waals surface area contributed by atoms with Gasteiger partial charge in [-0.05, 0) is 12.1 Å². The number of nitrogens with two attached hydrogens (primary N) is 1. The Bertz CT molecular complexity index is 301. The molecule has 0 fully saturated rings. The first-order valence-electron chi connectivity index (χ1n) is 2.85. The van der Waals surface area contributed by atoms with E-state index in [0.29, 0.717) is 6.29 Å². The quantitative estimate of drug-likeness (QED) is 0.521. The highest BCUT2D eigenvalue weighted by Gasteiger charge is 2.07. The number of anilines is 1.